The smallest absolute Gasteiger partial charge is 0.410 e. The van der Waals surface area contributed by atoms with Crippen molar-refractivity contribution in [2.75, 3.05) is 32.8 Å². The lowest BCUT2D eigenvalue weighted by atomic mass is 9.86. The van der Waals surface area contributed by atoms with E-state index in [-0.39, 0.29) is 12.1 Å². The van der Waals surface area contributed by atoms with Crippen molar-refractivity contribution in [3.05, 3.63) is 59.4 Å². The molecule has 5 rings (SSSR count). The van der Waals surface area contributed by atoms with Crippen molar-refractivity contribution in [1.82, 2.24) is 19.8 Å². The molecular formula is C31H40N4O4. The highest BCUT2D eigenvalue weighted by molar-refractivity contribution is 5.89. The van der Waals surface area contributed by atoms with Gasteiger partial charge in [0.1, 0.15) is 11.2 Å². The van der Waals surface area contributed by atoms with Crippen LogP contribution >= 0.6 is 0 Å². The van der Waals surface area contributed by atoms with Crippen LogP contribution in [0.1, 0.15) is 62.9 Å². The molecule has 0 saturated carbocycles. The van der Waals surface area contributed by atoms with Crippen LogP contribution in [0.5, 0.6) is 0 Å². The molecule has 8 heteroatoms. The molecule has 1 unspecified atom stereocenters. The minimum atomic E-state index is -0.797. The Morgan fingerprint density at radius 2 is 2.03 bits per heavy atom. The van der Waals surface area contributed by atoms with Gasteiger partial charge in [-0.2, -0.15) is 0 Å². The summed E-state index contributed by atoms with van der Waals surface area (Å²) in [6.07, 6.45) is 6.17. The summed E-state index contributed by atoms with van der Waals surface area (Å²) in [6.45, 7) is 16.7. The van der Waals surface area contributed by atoms with Gasteiger partial charge in [-0.25, -0.2) is 9.78 Å². The number of pyridine rings is 1. The fraction of sp³-hybridized carbons (Fsp3) is 0.484. The minimum Gasteiger partial charge on any atom is -0.444 e. The molecule has 1 fully saturated rings. The average molecular weight is 533 g/mol. The van der Waals surface area contributed by atoms with Crippen molar-refractivity contribution in [2.24, 2.45) is 0 Å². The molecule has 3 aromatic rings. The summed E-state index contributed by atoms with van der Waals surface area (Å²) in [5.74, 6) is 0. The molecule has 2 N–H and O–H groups in total. The van der Waals surface area contributed by atoms with E-state index in [1.54, 1.807) is 0 Å². The van der Waals surface area contributed by atoms with Gasteiger partial charge in [-0.1, -0.05) is 18.7 Å². The summed E-state index contributed by atoms with van der Waals surface area (Å²) in [6, 6.07) is 6.31. The molecule has 208 valence electrons. The van der Waals surface area contributed by atoms with Crippen LogP contribution in [-0.4, -0.2) is 75.0 Å². The normalized spacial score (nSPS) is 18.7. The first-order valence-electron chi connectivity index (χ1n) is 13.7. The maximum Gasteiger partial charge on any atom is 0.410 e. The van der Waals surface area contributed by atoms with E-state index in [0.29, 0.717) is 32.8 Å². The SMILES string of the molecule is C=Cc1c[nH]c2ncc(-c3cc4c(c(C5COCCN5C(=O)OC(C)(C)C)c3)CN(CC(C)(C)O)CC4)cc12. The van der Waals surface area contributed by atoms with Gasteiger partial charge in [-0.05, 0) is 75.4 Å². The first kappa shape index (κ1) is 27.4. The standard InChI is InChI=1S/C31H40N4O4/c1-7-20-15-32-28-24(20)14-23(16-33-28)22-12-21-8-9-34(19-31(5,6)37)17-26(21)25(13-22)27-18-38-11-10-35(27)29(36)39-30(2,3)4/h7,12-16,27,37H,1,8-11,17-19H2,2-6H3,(H,32,33). The van der Waals surface area contributed by atoms with E-state index in [0.717, 1.165) is 46.3 Å². The number of benzene rings is 1. The van der Waals surface area contributed by atoms with Gasteiger partial charge >= 0.3 is 6.09 Å². The second-order valence-corrected chi connectivity index (χ2v) is 12.3. The van der Waals surface area contributed by atoms with Crippen molar-refractivity contribution < 1.29 is 19.4 Å². The third-order valence-corrected chi connectivity index (χ3v) is 7.30. The molecule has 2 aromatic heterocycles. The van der Waals surface area contributed by atoms with E-state index < -0.39 is 11.2 Å². The summed E-state index contributed by atoms with van der Waals surface area (Å²) >= 11 is 0. The molecule has 1 aromatic carbocycles. The summed E-state index contributed by atoms with van der Waals surface area (Å²) in [5.41, 5.74) is 6.02. The number of nitrogens with zero attached hydrogens (tertiary/aromatic N) is 3. The zero-order chi connectivity index (χ0) is 27.9. The third kappa shape index (κ3) is 6.03. The molecule has 0 aliphatic carbocycles. The number of ether oxygens (including phenoxy) is 2. The molecule has 39 heavy (non-hydrogen) atoms. The summed E-state index contributed by atoms with van der Waals surface area (Å²) < 4.78 is 11.7. The number of aromatic amines is 1. The average Bonchev–Trinajstić information content (AvgIpc) is 3.28. The first-order chi connectivity index (χ1) is 18.4. The van der Waals surface area contributed by atoms with E-state index in [4.69, 9.17) is 9.47 Å². The zero-order valence-electron chi connectivity index (χ0n) is 23.7. The van der Waals surface area contributed by atoms with E-state index in [2.05, 4.69) is 39.6 Å². The number of hydrogen-bond acceptors (Lipinski definition) is 6. The van der Waals surface area contributed by atoms with Crippen LogP contribution in [0.15, 0.2) is 37.2 Å². The van der Waals surface area contributed by atoms with Crippen molar-refractivity contribution in [2.45, 2.75) is 64.8 Å². The first-order valence-corrected chi connectivity index (χ1v) is 13.7. The van der Waals surface area contributed by atoms with E-state index in [1.807, 2.05) is 58.0 Å². The molecule has 1 atom stereocenters. The zero-order valence-corrected chi connectivity index (χ0v) is 23.7. The van der Waals surface area contributed by atoms with E-state index in [9.17, 15) is 9.90 Å². The van der Waals surface area contributed by atoms with Crippen molar-refractivity contribution in [3.8, 4) is 11.1 Å². The molecule has 1 saturated heterocycles. The van der Waals surface area contributed by atoms with Crippen LogP contribution in [0.3, 0.4) is 0 Å². The second kappa shape index (κ2) is 10.4. The molecular weight excluding hydrogens is 492 g/mol. The lowest BCUT2D eigenvalue weighted by Crippen LogP contribution is -2.47. The molecule has 0 spiro atoms. The molecule has 2 aliphatic heterocycles. The van der Waals surface area contributed by atoms with Crippen LogP contribution < -0.4 is 0 Å². The highest BCUT2D eigenvalue weighted by atomic mass is 16.6. The van der Waals surface area contributed by atoms with Gasteiger partial charge in [0, 0.05) is 55.1 Å². The fourth-order valence-electron chi connectivity index (χ4n) is 5.65. The van der Waals surface area contributed by atoms with Gasteiger partial charge in [0.15, 0.2) is 0 Å². The minimum absolute atomic E-state index is 0.280. The Balaban J connectivity index is 1.61. The number of rotatable bonds is 5. The Labute approximate surface area is 230 Å². The van der Waals surface area contributed by atoms with Crippen molar-refractivity contribution >= 4 is 23.2 Å². The van der Waals surface area contributed by atoms with Crippen LogP contribution in [-0.2, 0) is 22.4 Å². The van der Waals surface area contributed by atoms with Crippen molar-refractivity contribution in [3.63, 3.8) is 0 Å². The Bertz CT molecular complexity index is 1380. The number of hydrogen-bond donors (Lipinski definition) is 2. The predicted octanol–water partition coefficient (Wildman–Crippen LogP) is 5.31. The molecule has 0 bridgehead atoms. The van der Waals surface area contributed by atoms with E-state index >= 15 is 0 Å². The Morgan fingerprint density at radius 1 is 1.23 bits per heavy atom. The lowest BCUT2D eigenvalue weighted by Gasteiger charge is -2.40. The van der Waals surface area contributed by atoms with Crippen LogP contribution in [0.25, 0.3) is 28.2 Å². The molecule has 4 heterocycles. The predicted molar refractivity (Wildman–Crippen MR) is 153 cm³/mol. The Kier molecular flexibility index (Phi) is 7.31. The number of carbonyl (C=O) groups is 1. The Hall–Kier alpha value is -3.20. The molecule has 1 amide bonds. The van der Waals surface area contributed by atoms with Gasteiger partial charge in [-0.3, -0.25) is 9.80 Å². The number of β-amino-alcohol motifs (C(OH)–C–C–N with tert-alkyl or cyclic N) is 1. The monoisotopic (exact) mass is 532 g/mol. The van der Waals surface area contributed by atoms with Crippen molar-refractivity contribution in [1.29, 1.82) is 0 Å². The maximum absolute atomic E-state index is 13.3. The van der Waals surface area contributed by atoms with Crippen LogP contribution in [0.4, 0.5) is 4.79 Å². The summed E-state index contributed by atoms with van der Waals surface area (Å²) in [7, 11) is 0. The maximum atomic E-state index is 13.3. The number of H-pyrrole nitrogens is 1. The fourth-order valence-corrected chi connectivity index (χ4v) is 5.65. The van der Waals surface area contributed by atoms with Gasteiger partial charge < -0.3 is 19.6 Å². The number of carbonyl (C=O) groups excluding carboxylic acids is 1. The quantitative estimate of drug-likeness (QED) is 0.463. The number of aliphatic hydroxyl groups is 1. The molecule has 2 aliphatic rings. The number of morpholine rings is 1. The second-order valence-electron chi connectivity index (χ2n) is 12.3. The highest BCUT2D eigenvalue weighted by Crippen LogP contribution is 2.37. The van der Waals surface area contributed by atoms with Crippen LogP contribution in [0, 0.1) is 0 Å². The molecule has 0 radical (unpaired) electrons. The van der Waals surface area contributed by atoms with E-state index in [1.165, 1.54) is 11.1 Å². The number of amides is 1. The molecule has 8 nitrogen and oxygen atoms in total. The summed E-state index contributed by atoms with van der Waals surface area (Å²) in [4.78, 5) is 25.3. The largest absolute Gasteiger partial charge is 0.444 e. The number of nitrogens with one attached hydrogen (secondary N) is 1. The summed E-state index contributed by atoms with van der Waals surface area (Å²) in [5, 5.41) is 11.5. The number of aromatic nitrogens is 2. The highest BCUT2D eigenvalue weighted by Gasteiger charge is 2.35. The lowest BCUT2D eigenvalue weighted by molar-refractivity contribution is -0.0335. The third-order valence-electron chi connectivity index (χ3n) is 7.30. The van der Waals surface area contributed by atoms with Gasteiger partial charge in [0.2, 0.25) is 0 Å². The van der Waals surface area contributed by atoms with Gasteiger partial charge in [0.05, 0.1) is 24.9 Å². The van der Waals surface area contributed by atoms with Gasteiger partial charge in [0.25, 0.3) is 0 Å². The van der Waals surface area contributed by atoms with Gasteiger partial charge in [-0.15, -0.1) is 0 Å². The number of fused-ring (bicyclic) bond motifs is 2. The topological polar surface area (TPSA) is 90.9 Å². The Morgan fingerprint density at radius 3 is 2.74 bits per heavy atom. The van der Waals surface area contributed by atoms with Crippen LogP contribution in [0.2, 0.25) is 0 Å².